The highest BCUT2D eigenvalue weighted by Gasteiger charge is 2.03. The topological polar surface area (TPSA) is 50.1 Å². The van der Waals surface area contributed by atoms with Crippen LogP contribution in [0.4, 0.5) is 0 Å². The molecule has 0 unspecified atom stereocenters. The number of benzene rings is 1. The third-order valence-electron chi connectivity index (χ3n) is 2.46. The summed E-state index contributed by atoms with van der Waals surface area (Å²) in [5.74, 6) is -0.150. The standard InChI is InChI=1S/C14H17NO2/c1-2-3-10-17-14(16)9-8-12-4-6-13(11-15)7-5-12/h4-7H,2-3,8-10H2,1H3. The van der Waals surface area contributed by atoms with Crippen molar-refractivity contribution in [1.82, 2.24) is 0 Å². The first kappa shape index (κ1) is 13.2. The van der Waals surface area contributed by atoms with E-state index < -0.39 is 0 Å². The summed E-state index contributed by atoms with van der Waals surface area (Å²) in [6, 6.07) is 9.33. The van der Waals surface area contributed by atoms with Crippen molar-refractivity contribution in [2.45, 2.75) is 32.6 Å². The lowest BCUT2D eigenvalue weighted by Gasteiger charge is -2.04. The zero-order chi connectivity index (χ0) is 12.5. The average molecular weight is 231 g/mol. The van der Waals surface area contributed by atoms with Crippen LogP contribution in [0.2, 0.25) is 0 Å². The van der Waals surface area contributed by atoms with Gasteiger partial charge in [-0.25, -0.2) is 0 Å². The van der Waals surface area contributed by atoms with Gasteiger partial charge in [0.1, 0.15) is 0 Å². The fourth-order valence-electron chi connectivity index (χ4n) is 1.39. The largest absolute Gasteiger partial charge is 0.466 e. The summed E-state index contributed by atoms with van der Waals surface area (Å²) in [6.07, 6.45) is 3.01. The molecule has 0 atom stereocenters. The molecule has 0 aliphatic rings. The molecule has 0 saturated carbocycles. The van der Waals surface area contributed by atoms with Crippen LogP contribution in [-0.4, -0.2) is 12.6 Å². The lowest BCUT2D eigenvalue weighted by atomic mass is 10.1. The summed E-state index contributed by atoms with van der Waals surface area (Å²) in [4.78, 5) is 11.3. The summed E-state index contributed by atoms with van der Waals surface area (Å²) < 4.78 is 5.06. The molecule has 0 N–H and O–H groups in total. The highest BCUT2D eigenvalue weighted by atomic mass is 16.5. The highest BCUT2D eigenvalue weighted by molar-refractivity contribution is 5.69. The number of unbranched alkanes of at least 4 members (excludes halogenated alkanes) is 1. The molecule has 0 spiro atoms. The fraction of sp³-hybridized carbons (Fsp3) is 0.429. The second-order valence-electron chi connectivity index (χ2n) is 3.88. The van der Waals surface area contributed by atoms with E-state index in [9.17, 15) is 4.79 Å². The quantitative estimate of drug-likeness (QED) is 0.558. The summed E-state index contributed by atoms with van der Waals surface area (Å²) >= 11 is 0. The smallest absolute Gasteiger partial charge is 0.306 e. The van der Waals surface area contributed by atoms with Crippen LogP contribution in [-0.2, 0) is 16.0 Å². The maximum atomic E-state index is 11.3. The van der Waals surface area contributed by atoms with E-state index in [0.29, 0.717) is 25.0 Å². The maximum absolute atomic E-state index is 11.3. The molecule has 0 aromatic heterocycles. The van der Waals surface area contributed by atoms with E-state index >= 15 is 0 Å². The SMILES string of the molecule is CCCCOC(=O)CCc1ccc(C#N)cc1. The van der Waals surface area contributed by atoms with Crippen LogP contribution in [0.15, 0.2) is 24.3 Å². The van der Waals surface area contributed by atoms with Crippen molar-refractivity contribution in [3.8, 4) is 6.07 Å². The maximum Gasteiger partial charge on any atom is 0.306 e. The van der Waals surface area contributed by atoms with E-state index in [4.69, 9.17) is 10.00 Å². The molecular weight excluding hydrogens is 214 g/mol. The number of carbonyl (C=O) groups excluding carboxylic acids is 1. The lowest BCUT2D eigenvalue weighted by molar-refractivity contribution is -0.143. The summed E-state index contributed by atoms with van der Waals surface area (Å²) in [5.41, 5.74) is 1.69. The van der Waals surface area contributed by atoms with Crippen molar-refractivity contribution < 1.29 is 9.53 Å². The molecule has 1 aromatic carbocycles. The molecule has 0 aliphatic carbocycles. The van der Waals surface area contributed by atoms with Crippen molar-refractivity contribution >= 4 is 5.97 Å². The Labute approximate surface area is 102 Å². The zero-order valence-corrected chi connectivity index (χ0v) is 10.1. The minimum Gasteiger partial charge on any atom is -0.466 e. The lowest BCUT2D eigenvalue weighted by Crippen LogP contribution is -2.06. The number of nitrogens with zero attached hydrogens (tertiary/aromatic N) is 1. The molecule has 0 radical (unpaired) electrons. The van der Waals surface area contributed by atoms with Crippen molar-refractivity contribution in [2.24, 2.45) is 0 Å². The van der Waals surface area contributed by atoms with Gasteiger partial charge in [0.25, 0.3) is 0 Å². The van der Waals surface area contributed by atoms with Crippen LogP contribution in [0.3, 0.4) is 0 Å². The van der Waals surface area contributed by atoms with Gasteiger partial charge in [-0.15, -0.1) is 0 Å². The number of esters is 1. The summed E-state index contributed by atoms with van der Waals surface area (Å²) in [6.45, 7) is 2.58. The molecule has 90 valence electrons. The van der Waals surface area contributed by atoms with Crippen LogP contribution in [0, 0.1) is 11.3 Å². The zero-order valence-electron chi connectivity index (χ0n) is 10.1. The third kappa shape index (κ3) is 5.17. The normalized spacial score (nSPS) is 9.65. The molecule has 0 bridgehead atoms. The Bertz CT molecular complexity index is 390. The van der Waals surface area contributed by atoms with E-state index in [1.165, 1.54) is 0 Å². The van der Waals surface area contributed by atoms with Crippen LogP contribution in [0.25, 0.3) is 0 Å². The van der Waals surface area contributed by atoms with E-state index in [1.807, 2.05) is 12.1 Å². The molecule has 17 heavy (non-hydrogen) atoms. The van der Waals surface area contributed by atoms with E-state index in [1.54, 1.807) is 12.1 Å². The van der Waals surface area contributed by atoms with Gasteiger partial charge in [-0.1, -0.05) is 25.5 Å². The average Bonchev–Trinajstić information content (AvgIpc) is 2.37. The predicted molar refractivity (Wildman–Crippen MR) is 65.3 cm³/mol. The van der Waals surface area contributed by atoms with Crippen molar-refractivity contribution in [3.63, 3.8) is 0 Å². The van der Waals surface area contributed by atoms with E-state index in [2.05, 4.69) is 13.0 Å². The van der Waals surface area contributed by atoms with Crippen molar-refractivity contribution in [1.29, 1.82) is 5.26 Å². The minimum atomic E-state index is -0.150. The highest BCUT2D eigenvalue weighted by Crippen LogP contribution is 2.06. The van der Waals surface area contributed by atoms with Gasteiger partial charge in [0.05, 0.1) is 18.2 Å². The van der Waals surface area contributed by atoms with Crippen molar-refractivity contribution in [2.75, 3.05) is 6.61 Å². The van der Waals surface area contributed by atoms with Crippen LogP contribution in [0.5, 0.6) is 0 Å². The molecule has 3 heteroatoms. The van der Waals surface area contributed by atoms with Crippen LogP contribution >= 0.6 is 0 Å². The van der Waals surface area contributed by atoms with E-state index in [0.717, 1.165) is 18.4 Å². The Morgan fingerprint density at radius 2 is 2.06 bits per heavy atom. The Balaban J connectivity index is 2.30. The monoisotopic (exact) mass is 231 g/mol. The summed E-state index contributed by atoms with van der Waals surface area (Å²) in [7, 11) is 0. The van der Waals surface area contributed by atoms with Crippen LogP contribution < -0.4 is 0 Å². The second kappa shape index (κ2) is 7.45. The fourth-order valence-corrected chi connectivity index (χ4v) is 1.39. The van der Waals surface area contributed by atoms with Gasteiger partial charge in [0, 0.05) is 6.42 Å². The number of rotatable bonds is 6. The summed E-state index contributed by atoms with van der Waals surface area (Å²) in [5, 5.41) is 8.64. The second-order valence-corrected chi connectivity index (χ2v) is 3.88. The molecule has 0 heterocycles. The van der Waals surface area contributed by atoms with Gasteiger partial charge in [0.2, 0.25) is 0 Å². The van der Waals surface area contributed by atoms with Gasteiger partial charge in [0.15, 0.2) is 0 Å². The Hall–Kier alpha value is -1.82. The molecule has 0 saturated heterocycles. The molecule has 0 amide bonds. The number of aryl methyl sites for hydroxylation is 1. The molecule has 0 fully saturated rings. The Kier molecular flexibility index (Phi) is 5.81. The van der Waals surface area contributed by atoms with Gasteiger partial charge in [-0.2, -0.15) is 5.26 Å². The number of nitriles is 1. The Morgan fingerprint density at radius 1 is 1.35 bits per heavy atom. The molecular formula is C14H17NO2. The predicted octanol–water partition coefficient (Wildman–Crippen LogP) is 2.83. The van der Waals surface area contributed by atoms with E-state index in [-0.39, 0.29) is 5.97 Å². The van der Waals surface area contributed by atoms with Gasteiger partial charge >= 0.3 is 5.97 Å². The third-order valence-corrected chi connectivity index (χ3v) is 2.46. The minimum absolute atomic E-state index is 0.150. The first-order valence-corrected chi connectivity index (χ1v) is 5.91. The number of ether oxygens (including phenoxy) is 1. The molecule has 1 aromatic rings. The van der Waals surface area contributed by atoms with Gasteiger partial charge in [-0.05, 0) is 30.5 Å². The van der Waals surface area contributed by atoms with Gasteiger partial charge < -0.3 is 4.74 Å². The number of carbonyl (C=O) groups is 1. The molecule has 3 nitrogen and oxygen atoms in total. The number of hydrogen-bond acceptors (Lipinski definition) is 3. The Morgan fingerprint density at radius 3 is 2.65 bits per heavy atom. The van der Waals surface area contributed by atoms with Crippen molar-refractivity contribution in [3.05, 3.63) is 35.4 Å². The van der Waals surface area contributed by atoms with Crippen LogP contribution in [0.1, 0.15) is 37.3 Å². The first-order chi connectivity index (χ1) is 8.26. The molecule has 1 rings (SSSR count). The van der Waals surface area contributed by atoms with Gasteiger partial charge in [-0.3, -0.25) is 4.79 Å². The number of hydrogen-bond donors (Lipinski definition) is 0. The first-order valence-electron chi connectivity index (χ1n) is 5.91. The molecule has 0 aliphatic heterocycles.